The van der Waals surface area contributed by atoms with Gasteiger partial charge in [-0.3, -0.25) is 4.79 Å². The molecule has 1 heterocycles. The van der Waals surface area contributed by atoms with Crippen molar-refractivity contribution in [2.75, 3.05) is 38.7 Å². The highest BCUT2D eigenvalue weighted by molar-refractivity contribution is 5.90. The van der Waals surface area contributed by atoms with Crippen molar-refractivity contribution in [3.63, 3.8) is 0 Å². The molecule has 0 aromatic heterocycles. The summed E-state index contributed by atoms with van der Waals surface area (Å²) in [6.45, 7) is 2.95. The van der Waals surface area contributed by atoms with E-state index in [2.05, 4.69) is 5.32 Å². The molecular weight excluding hydrogens is 309 g/mol. The van der Waals surface area contributed by atoms with Crippen LogP contribution in [-0.2, 0) is 15.7 Å². The van der Waals surface area contributed by atoms with Gasteiger partial charge in [0.05, 0.1) is 12.2 Å². The molecule has 0 radical (unpaired) electrons. The van der Waals surface area contributed by atoms with Crippen molar-refractivity contribution in [2.45, 2.75) is 19.0 Å². The lowest BCUT2D eigenvalue weighted by Gasteiger charge is -2.19. The average molecular weight is 330 g/mol. The number of nitrogens with zero attached hydrogens (tertiary/aromatic N) is 1. The highest BCUT2D eigenvalue weighted by Gasteiger charge is 2.30. The molecule has 2 rings (SSSR count). The number of carbonyl (C=O) groups is 1. The Labute approximate surface area is 133 Å². The van der Waals surface area contributed by atoms with E-state index in [4.69, 9.17) is 4.74 Å². The molecular formula is C16H21F3N2O2. The van der Waals surface area contributed by atoms with Crippen LogP contribution in [0.5, 0.6) is 0 Å². The molecule has 1 aromatic carbocycles. The standard InChI is InChI=1S/C16H21F3N2O2/c1-21(10-12-6-8-23-11-12)7-5-15(22)20-14-4-2-3-13(9-14)16(17,18)19/h2-4,9,12H,5-8,10-11H2,1H3,(H,20,22). The van der Waals surface area contributed by atoms with Crippen molar-refractivity contribution < 1.29 is 22.7 Å². The summed E-state index contributed by atoms with van der Waals surface area (Å²) >= 11 is 0. The van der Waals surface area contributed by atoms with Gasteiger partial charge >= 0.3 is 6.18 Å². The maximum Gasteiger partial charge on any atom is 0.416 e. The van der Waals surface area contributed by atoms with Gasteiger partial charge in [0, 0.05) is 31.8 Å². The molecule has 1 saturated heterocycles. The second-order valence-electron chi connectivity index (χ2n) is 5.87. The lowest BCUT2D eigenvalue weighted by atomic mass is 10.1. The summed E-state index contributed by atoms with van der Waals surface area (Å²) in [6.07, 6.45) is -3.15. The van der Waals surface area contributed by atoms with E-state index in [1.807, 2.05) is 11.9 Å². The fourth-order valence-corrected chi connectivity index (χ4v) is 2.55. The molecule has 1 aromatic rings. The number of anilines is 1. The molecule has 128 valence electrons. The highest BCUT2D eigenvalue weighted by Crippen LogP contribution is 2.30. The summed E-state index contributed by atoms with van der Waals surface area (Å²) in [5.41, 5.74) is -0.606. The Hall–Kier alpha value is -1.60. The number of hydrogen-bond acceptors (Lipinski definition) is 3. The van der Waals surface area contributed by atoms with E-state index < -0.39 is 11.7 Å². The molecule has 1 unspecified atom stereocenters. The van der Waals surface area contributed by atoms with Crippen LogP contribution in [0.1, 0.15) is 18.4 Å². The maximum atomic E-state index is 12.6. The summed E-state index contributed by atoms with van der Waals surface area (Å²) in [5.74, 6) is 0.199. The second-order valence-corrected chi connectivity index (χ2v) is 5.87. The van der Waals surface area contributed by atoms with Gasteiger partial charge in [0.1, 0.15) is 0 Å². The number of hydrogen-bond donors (Lipinski definition) is 1. The number of halogens is 3. The number of amides is 1. The van der Waals surface area contributed by atoms with Crippen molar-refractivity contribution >= 4 is 11.6 Å². The summed E-state index contributed by atoms with van der Waals surface area (Å²) in [6, 6.07) is 4.65. The summed E-state index contributed by atoms with van der Waals surface area (Å²) in [4.78, 5) is 13.9. The van der Waals surface area contributed by atoms with E-state index in [1.165, 1.54) is 12.1 Å². The number of nitrogens with one attached hydrogen (secondary N) is 1. The van der Waals surface area contributed by atoms with Crippen LogP contribution in [0.2, 0.25) is 0 Å². The lowest BCUT2D eigenvalue weighted by molar-refractivity contribution is -0.137. The molecule has 1 aliphatic rings. The fraction of sp³-hybridized carbons (Fsp3) is 0.562. The SMILES string of the molecule is CN(CCC(=O)Nc1cccc(C(F)(F)F)c1)CC1CCOC1. The van der Waals surface area contributed by atoms with Crippen molar-refractivity contribution in [1.29, 1.82) is 0 Å². The maximum absolute atomic E-state index is 12.6. The Morgan fingerprint density at radius 1 is 1.43 bits per heavy atom. The van der Waals surface area contributed by atoms with Gasteiger partial charge in [0.15, 0.2) is 0 Å². The van der Waals surface area contributed by atoms with Crippen molar-refractivity contribution in [3.05, 3.63) is 29.8 Å². The smallest absolute Gasteiger partial charge is 0.381 e. The van der Waals surface area contributed by atoms with Crippen LogP contribution in [0.15, 0.2) is 24.3 Å². The zero-order valence-corrected chi connectivity index (χ0v) is 13.0. The zero-order chi connectivity index (χ0) is 16.9. The van der Waals surface area contributed by atoms with Crippen molar-refractivity contribution in [3.8, 4) is 0 Å². The van der Waals surface area contributed by atoms with E-state index in [0.29, 0.717) is 12.5 Å². The first kappa shape index (κ1) is 17.7. The summed E-state index contributed by atoms with van der Waals surface area (Å²) in [7, 11) is 1.93. The van der Waals surface area contributed by atoms with Crippen molar-refractivity contribution in [2.24, 2.45) is 5.92 Å². The molecule has 0 saturated carbocycles. The Kier molecular flexibility index (Phi) is 6.01. The minimum Gasteiger partial charge on any atom is -0.381 e. The van der Waals surface area contributed by atoms with Crippen LogP contribution in [0.25, 0.3) is 0 Å². The molecule has 1 fully saturated rings. The minimum absolute atomic E-state index is 0.164. The molecule has 1 aliphatic heterocycles. The van der Waals surface area contributed by atoms with Crippen molar-refractivity contribution in [1.82, 2.24) is 4.90 Å². The summed E-state index contributed by atoms with van der Waals surface area (Å²) < 4.78 is 43.2. The number of carbonyl (C=O) groups excluding carboxylic acids is 1. The second kappa shape index (κ2) is 7.79. The minimum atomic E-state index is -4.41. The molecule has 0 aliphatic carbocycles. The third-order valence-corrected chi connectivity index (χ3v) is 3.79. The first-order chi connectivity index (χ1) is 10.8. The largest absolute Gasteiger partial charge is 0.416 e. The van der Waals surface area contributed by atoms with Gasteiger partial charge < -0.3 is 15.0 Å². The first-order valence-electron chi connectivity index (χ1n) is 7.58. The van der Waals surface area contributed by atoms with Gasteiger partial charge in [-0.15, -0.1) is 0 Å². The molecule has 0 spiro atoms. The van der Waals surface area contributed by atoms with Gasteiger partial charge in [-0.2, -0.15) is 13.2 Å². The van der Waals surface area contributed by atoms with Crippen LogP contribution in [0.4, 0.5) is 18.9 Å². The quantitative estimate of drug-likeness (QED) is 0.872. The third kappa shape index (κ3) is 5.84. The fourth-order valence-electron chi connectivity index (χ4n) is 2.55. The Morgan fingerprint density at radius 3 is 2.87 bits per heavy atom. The Bertz CT molecular complexity index is 528. The third-order valence-electron chi connectivity index (χ3n) is 3.79. The van der Waals surface area contributed by atoms with Crippen LogP contribution in [0, 0.1) is 5.92 Å². The molecule has 0 bridgehead atoms. The number of ether oxygens (including phenoxy) is 1. The van der Waals surface area contributed by atoms with E-state index in [-0.39, 0.29) is 18.0 Å². The van der Waals surface area contributed by atoms with Crippen LogP contribution >= 0.6 is 0 Å². The van der Waals surface area contributed by atoms with E-state index in [0.717, 1.165) is 38.3 Å². The van der Waals surface area contributed by atoms with E-state index in [9.17, 15) is 18.0 Å². The van der Waals surface area contributed by atoms with Gasteiger partial charge in [0.2, 0.25) is 5.91 Å². The van der Waals surface area contributed by atoms with Gasteiger partial charge in [0.25, 0.3) is 0 Å². The Balaban J connectivity index is 1.78. The Morgan fingerprint density at radius 2 is 2.22 bits per heavy atom. The van der Waals surface area contributed by atoms with E-state index >= 15 is 0 Å². The predicted molar refractivity (Wildman–Crippen MR) is 81.1 cm³/mol. The highest BCUT2D eigenvalue weighted by atomic mass is 19.4. The molecule has 1 atom stereocenters. The molecule has 1 amide bonds. The number of benzene rings is 1. The van der Waals surface area contributed by atoms with Crippen LogP contribution < -0.4 is 5.32 Å². The normalized spacial score (nSPS) is 18.4. The number of rotatable bonds is 6. The van der Waals surface area contributed by atoms with Crippen LogP contribution in [0.3, 0.4) is 0 Å². The molecule has 7 heteroatoms. The first-order valence-corrected chi connectivity index (χ1v) is 7.58. The molecule has 1 N–H and O–H groups in total. The van der Waals surface area contributed by atoms with Gasteiger partial charge in [-0.25, -0.2) is 0 Å². The topological polar surface area (TPSA) is 41.6 Å². The monoisotopic (exact) mass is 330 g/mol. The van der Waals surface area contributed by atoms with Gasteiger partial charge in [-0.05, 0) is 37.6 Å². The predicted octanol–water partition coefficient (Wildman–Crippen LogP) is 3.00. The molecule has 23 heavy (non-hydrogen) atoms. The van der Waals surface area contributed by atoms with E-state index in [1.54, 1.807) is 0 Å². The van der Waals surface area contributed by atoms with Gasteiger partial charge in [-0.1, -0.05) is 6.07 Å². The lowest BCUT2D eigenvalue weighted by Crippen LogP contribution is -2.29. The average Bonchev–Trinajstić information content (AvgIpc) is 2.97. The summed E-state index contributed by atoms with van der Waals surface area (Å²) in [5, 5.41) is 2.51. The number of alkyl halides is 3. The zero-order valence-electron chi connectivity index (χ0n) is 13.0. The van der Waals surface area contributed by atoms with Crippen LogP contribution in [-0.4, -0.2) is 44.2 Å². The molecule has 4 nitrogen and oxygen atoms in total.